The van der Waals surface area contributed by atoms with E-state index in [0.29, 0.717) is 10.7 Å². The van der Waals surface area contributed by atoms with E-state index in [4.69, 9.17) is 35.5 Å². The number of aryl methyl sites for hydroxylation is 1. The van der Waals surface area contributed by atoms with Gasteiger partial charge < -0.3 is 34.3 Å². The molecule has 0 spiro atoms. The minimum absolute atomic E-state index is 0.0511. The number of anilines is 1. The second kappa shape index (κ2) is 13.6. The number of amides is 1. The molecule has 1 aliphatic heterocycles. The van der Waals surface area contributed by atoms with E-state index in [1.807, 2.05) is 36.1 Å². The highest BCUT2D eigenvalue weighted by Crippen LogP contribution is 2.36. The summed E-state index contributed by atoms with van der Waals surface area (Å²) in [7, 11) is 6.11. The third-order valence-corrected chi connectivity index (χ3v) is 6.38. The Labute approximate surface area is 222 Å². The van der Waals surface area contributed by atoms with Crippen molar-refractivity contribution in [2.45, 2.75) is 32.0 Å². The van der Waals surface area contributed by atoms with E-state index in [0.717, 1.165) is 11.1 Å². The number of aliphatic hydroxyl groups is 1. The Hall–Kier alpha value is -2.95. The van der Waals surface area contributed by atoms with Crippen molar-refractivity contribution in [3.8, 4) is 0 Å². The normalized spacial score (nSPS) is 17.2. The number of benzene rings is 2. The molecule has 0 saturated carbocycles. The zero-order chi connectivity index (χ0) is 26.9. The van der Waals surface area contributed by atoms with Gasteiger partial charge in [-0.3, -0.25) is 9.79 Å². The van der Waals surface area contributed by atoms with Crippen molar-refractivity contribution < 1.29 is 28.8 Å². The van der Waals surface area contributed by atoms with Crippen molar-refractivity contribution >= 4 is 29.0 Å². The average Bonchev–Trinajstić information content (AvgIpc) is 2.90. The molecule has 2 N–H and O–H groups in total. The van der Waals surface area contributed by atoms with Gasteiger partial charge in [-0.1, -0.05) is 41.4 Å². The predicted molar refractivity (Wildman–Crippen MR) is 143 cm³/mol. The highest BCUT2D eigenvalue weighted by Gasteiger charge is 2.38. The van der Waals surface area contributed by atoms with Crippen LogP contribution >= 0.6 is 11.6 Å². The number of ether oxygens (including phenoxy) is 4. The molecule has 1 unspecified atom stereocenters. The number of rotatable bonds is 11. The summed E-state index contributed by atoms with van der Waals surface area (Å²) in [6.45, 7) is 2.35. The van der Waals surface area contributed by atoms with Crippen LogP contribution in [0.5, 0.6) is 0 Å². The van der Waals surface area contributed by atoms with Crippen LogP contribution in [0.2, 0.25) is 5.02 Å². The van der Waals surface area contributed by atoms with Crippen LogP contribution in [0.3, 0.4) is 0 Å². The van der Waals surface area contributed by atoms with Crippen molar-refractivity contribution in [1.29, 1.82) is 0 Å². The molecule has 1 aliphatic rings. The van der Waals surface area contributed by atoms with E-state index in [1.165, 1.54) is 14.2 Å². The third-order valence-electron chi connectivity index (χ3n) is 6.13. The largest absolute Gasteiger partial charge is 0.511 e. The minimum atomic E-state index is -0.641. The lowest BCUT2D eigenvalue weighted by molar-refractivity contribution is -0.115. The van der Waals surface area contributed by atoms with Crippen LogP contribution in [0.4, 0.5) is 5.69 Å². The minimum Gasteiger partial charge on any atom is -0.511 e. The fraction of sp³-hybridized carbons (Fsp3) is 0.407. The maximum atomic E-state index is 13.5. The van der Waals surface area contributed by atoms with E-state index >= 15 is 0 Å². The molecule has 0 radical (unpaired) electrons. The van der Waals surface area contributed by atoms with Crippen molar-refractivity contribution in [3.05, 3.63) is 76.0 Å². The van der Waals surface area contributed by atoms with Crippen LogP contribution in [0.25, 0.3) is 0 Å². The number of nitrogens with one attached hydrogen (secondary N) is 1. The van der Waals surface area contributed by atoms with Crippen molar-refractivity contribution in [1.82, 2.24) is 4.90 Å². The summed E-state index contributed by atoms with van der Waals surface area (Å²) in [6.07, 6.45) is -1.07. The van der Waals surface area contributed by atoms with Crippen molar-refractivity contribution in [3.63, 3.8) is 0 Å². The first-order valence-electron chi connectivity index (χ1n) is 11.8. The van der Waals surface area contributed by atoms with Crippen LogP contribution in [0, 0.1) is 6.92 Å². The SMILES string of the molecule is COC(CN=C1C(C(=O)Nc2ccc(Cl)cc2)=C(O)CC(c2ccc(C)cc2)N1CC(OC)OC)OC. The monoisotopic (exact) mass is 531 g/mol. The maximum Gasteiger partial charge on any atom is 0.262 e. The number of amidine groups is 1. The first-order chi connectivity index (χ1) is 17.8. The second-order valence-corrected chi connectivity index (χ2v) is 8.97. The lowest BCUT2D eigenvalue weighted by Crippen LogP contribution is -2.47. The Kier molecular flexibility index (Phi) is 10.5. The summed E-state index contributed by atoms with van der Waals surface area (Å²) < 4.78 is 21.6. The van der Waals surface area contributed by atoms with Gasteiger partial charge in [-0.15, -0.1) is 0 Å². The van der Waals surface area contributed by atoms with E-state index in [-0.39, 0.29) is 42.7 Å². The van der Waals surface area contributed by atoms with Crippen molar-refractivity contribution in [2.75, 3.05) is 46.8 Å². The molecular formula is C27H34ClN3O6. The smallest absolute Gasteiger partial charge is 0.262 e. The molecule has 9 nitrogen and oxygen atoms in total. The zero-order valence-corrected chi connectivity index (χ0v) is 22.5. The average molecular weight is 532 g/mol. The summed E-state index contributed by atoms with van der Waals surface area (Å²) in [5, 5.41) is 14.6. The van der Waals surface area contributed by atoms with Gasteiger partial charge in [0.05, 0.1) is 19.1 Å². The Bertz CT molecular complexity index is 1100. The number of hydrogen-bond acceptors (Lipinski definition) is 7. The van der Waals surface area contributed by atoms with Crippen LogP contribution < -0.4 is 5.32 Å². The fourth-order valence-corrected chi connectivity index (χ4v) is 4.18. The van der Waals surface area contributed by atoms with Crippen LogP contribution in [0.1, 0.15) is 23.6 Å². The number of hydrogen-bond donors (Lipinski definition) is 2. The third kappa shape index (κ3) is 7.30. The molecule has 0 bridgehead atoms. The quantitative estimate of drug-likeness (QED) is 0.412. The van der Waals surface area contributed by atoms with Gasteiger partial charge in [0.2, 0.25) is 0 Å². The molecule has 1 heterocycles. The van der Waals surface area contributed by atoms with Gasteiger partial charge in [0.15, 0.2) is 12.6 Å². The summed E-state index contributed by atoms with van der Waals surface area (Å²) in [5.74, 6) is -0.313. The second-order valence-electron chi connectivity index (χ2n) is 8.53. The van der Waals surface area contributed by atoms with Gasteiger partial charge in [0.25, 0.3) is 5.91 Å². The molecule has 0 aromatic heterocycles. The highest BCUT2D eigenvalue weighted by molar-refractivity contribution is 6.30. The highest BCUT2D eigenvalue weighted by atomic mass is 35.5. The van der Waals surface area contributed by atoms with Crippen LogP contribution in [-0.4, -0.2) is 75.9 Å². The molecule has 1 atom stereocenters. The van der Waals surface area contributed by atoms with Crippen molar-refractivity contribution in [2.24, 2.45) is 4.99 Å². The number of nitrogens with zero attached hydrogens (tertiary/aromatic N) is 2. The van der Waals surface area contributed by atoms with E-state index in [2.05, 4.69) is 5.32 Å². The van der Waals surface area contributed by atoms with Crippen LogP contribution in [-0.2, 0) is 23.7 Å². The molecular weight excluding hydrogens is 498 g/mol. The van der Waals surface area contributed by atoms with Gasteiger partial charge in [-0.25, -0.2) is 0 Å². The number of methoxy groups -OCH3 is 4. The van der Waals surface area contributed by atoms with E-state index < -0.39 is 18.5 Å². The Balaban J connectivity index is 2.10. The number of halogens is 1. The Morgan fingerprint density at radius 3 is 2.19 bits per heavy atom. The van der Waals surface area contributed by atoms with E-state index in [1.54, 1.807) is 38.5 Å². The Morgan fingerprint density at radius 2 is 1.62 bits per heavy atom. The molecule has 2 aromatic carbocycles. The molecule has 0 aliphatic carbocycles. The first-order valence-corrected chi connectivity index (χ1v) is 12.2. The number of aliphatic imine (C=N–C) groups is 1. The van der Waals surface area contributed by atoms with Gasteiger partial charge in [0, 0.05) is 45.6 Å². The standard InChI is InChI=1S/C27H34ClN3O6/c1-17-6-8-18(9-7-17)21-14-22(32)25(27(33)30-20-12-10-19(28)11-13-20)26(29-15-23(34-2)35-3)31(21)16-24(36-4)37-5/h6-13,21,23-24,32H,14-16H2,1-5H3,(H,30,33). The lowest BCUT2D eigenvalue weighted by atomic mass is 9.92. The first kappa shape index (κ1) is 28.6. The molecule has 1 amide bonds. The summed E-state index contributed by atoms with van der Waals surface area (Å²) in [6, 6.07) is 14.4. The van der Waals surface area contributed by atoms with Gasteiger partial charge >= 0.3 is 0 Å². The molecule has 0 fully saturated rings. The summed E-state index contributed by atoms with van der Waals surface area (Å²) in [4.78, 5) is 20.2. The summed E-state index contributed by atoms with van der Waals surface area (Å²) in [5.41, 5.74) is 2.63. The van der Waals surface area contributed by atoms with Gasteiger partial charge in [-0.05, 0) is 36.8 Å². The van der Waals surface area contributed by atoms with Crippen LogP contribution in [0.15, 0.2) is 64.9 Å². The number of carbonyl (C=O) groups is 1. The van der Waals surface area contributed by atoms with E-state index in [9.17, 15) is 9.90 Å². The topological polar surface area (TPSA) is 102 Å². The van der Waals surface area contributed by atoms with Gasteiger partial charge in [0.1, 0.15) is 17.2 Å². The predicted octanol–water partition coefficient (Wildman–Crippen LogP) is 4.48. The Morgan fingerprint density at radius 1 is 1.03 bits per heavy atom. The molecule has 10 heteroatoms. The van der Waals surface area contributed by atoms with Gasteiger partial charge in [-0.2, -0.15) is 0 Å². The molecule has 3 rings (SSSR count). The molecule has 0 saturated heterocycles. The summed E-state index contributed by atoms with van der Waals surface area (Å²) >= 11 is 5.99. The zero-order valence-electron chi connectivity index (χ0n) is 21.7. The molecule has 200 valence electrons. The number of aliphatic hydroxyl groups excluding tert-OH is 1. The maximum absolute atomic E-state index is 13.5. The fourth-order valence-electron chi connectivity index (χ4n) is 4.06. The molecule has 2 aromatic rings. The molecule has 37 heavy (non-hydrogen) atoms. The number of carbonyl (C=O) groups excluding carboxylic acids is 1. The lowest BCUT2D eigenvalue weighted by Gasteiger charge is -2.40.